The predicted molar refractivity (Wildman–Crippen MR) is 173 cm³/mol. The summed E-state index contributed by atoms with van der Waals surface area (Å²) in [6.45, 7) is 10.8. The lowest BCUT2D eigenvalue weighted by molar-refractivity contribution is -0.888. The van der Waals surface area contributed by atoms with Gasteiger partial charge in [0.05, 0.1) is 54.9 Å². The van der Waals surface area contributed by atoms with Crippen molar-refractivity contribution in [1.29, 1.82) is 0 Å². The molecule has 0 saturated carbocycles. The molecule has 0 unspecified atom stereocenters. The van der Waals surface area contributed by atoms with Gasteiger partial charge in [0, 0.05) is 0 Å². The highest BCUT2D eigenvalue weighted by Crippen LogP contribution is 2.14. The fourth-order valence-electron chi connectivity index (χ4n) is 4.97. The van der Waals surface area contributed by atoms with E-state index >= 15 is 0 Å². The molecule has 0 aliphatic rings. The van der Waals surface area contributed by atoms with Crippen LogP contribution in [0.5, 0.6) is 0 Å². The maximum atomic E-state index is 2.35. The van der Waals surface area contributed by atoms with Gasteiger partial charge in [-0.25, -0.2) is 0 Å². The Morgan fingerprint density at radius 2 is 0.538 bits per heavy atom. The summed E-state index contributed by atoms with van der Waals surface area (Å²) in [4.78, 5) is 0. The van der Waals surface area contributed by atoms with Crippen LogP contribution in [0.25, 0.3) is 0 Å². The van der Waals surface area contributed by atoms with E-state index in [4.69, 9.17) is 0 Å². The van der Waals surface area contributed by atoms with Gasteiger partial charge in [-0.1, -0.05) is 142 Å². The molecule has 0 atom stereocenters. The van der Waals surface area contributed by atoms with Crippen molar-refractivity contribution in [1.82, 2.24) is 0 Å². The molecule has 2 nitrogen and oxygen atoms in total. The van der Waals surface area contributed by atoms with Crippen molar-refractivity contribution in [3.05, 3.63) is 0 Å². The average molecular weight is 687 g/mol. The lowest BCUT2D eigenvalue weighted by atomic mass is 10.0. The standard InChI is InChI=1S/C20H44N.C15H34N.2BrH/c1-5-7-8-9-10-11-12-13-14-15-16-17-18-19-20-21(3,4)6-2;1-5-6-7-8-9-10-11-12-13-14-15-16(2,3)4;;/h5-20H2,1-4H3;5-15H2,1-4H3;2*1H/q2*+1;;/p-2. The van der Waals surface area contributed by atoms with Crippen LogP contribution in [0.2, 0.25) is 0 Å². The average Bonchev–Trinajstić information content (AvgIpc) is 2.85. The molecular weight excluding hydrogens is 608 g/mol. The van der Waals surface area contributed by atoms with Gasteiger partial charge in [-0.05, 0) is 32.6 Å². The lowest BCUT2D eigenvalue weighted by Crippen LogP contribution is -3.00. The molecule has 0 aliphatic carbocycles. The summed E-state index contributed by atoms with van der Waals surface area (Å²) in [6, 6.07) is 0. The van der Waals surface area contributed by atoms with E-state index in [0.717, 1.165) is 4.48 Å². The smallest absolute Gasteiger partial charge is 0.0782 e. The molecule has 242 valence electrons. The van der Waals surface area contributed by atoms with Gasteiger partial charge >= 0.3 is 0 Å². The Morgan fingerprint density at radius 1 is 0.308 bits per heavy atom. The number of hydrogen-bond acceptors (Lipinski definition) is 0. The molecule has 0 aromatic heterocycles. The van der Waals surface area contributed by atoms with Gasteiger partial charge in [-0.15, -0.1) is 0 Å². The largest absolute Gasteiger partial charge is 1.00 e. The Hall–Kier alpha value is 0.880. The lowest BCUT2D eigenvalue weighted by Gasteiger charge is -2.28. The number of rotatable bonds is 27. The summed E-state index contributed by atoms with van der Waals surface area (Å²) in [5, 5.41) is 0. The quantitative estimate of drug-likeness (QED) is 0.0826. The topological polar surface area (TPSA) is 0 Å². The molecule has 0 bridgehead atoms. The molecule has 0 rings (SSSR count). The van der Waals surface area contributed by atoms with Gasteiger partial charge in [0.15, 0.2) is 0 Å². The molecule has 0 amide bonds. The van der Waals surface area contributed by atoms with Crippen LogP contribution >= 0.6 is 0 Å². The molecule has 0 saturated heterocycles. The molecule has 0 fully saturated rings. The first kappa shape index (κ1) is 46.8. The monoisotopic (exact) mass is 684 g/mol. The van der Waals surface area contributed by atoms with Crippen molar-refractivity contribution in [2.45, 2.75) is 175 Å². The van der Waals surface area contributed by atoms with E-state index in [9.17, 15) is 0 Å². The van der Waals surface area contributed by atoms with E-state index in [2.05, 4.69) is 56.0 Å². The highest BCUT2D eigenvalue weighted by molar-refractivity contribution is 4.50. The molecular formula is C35H78Br2N2. The van der Waals surface area contributed by atoms with E-state index in [0.29, 0.717) is 0 Å². The Morgan fingerprint density at radius 3 is 0.769 bits per heavy atom. The summed E-state index contributed by atoms with van der Waals surface area (Å²) in [5.74, 6) is 0. The summed E-state index contributed by atoms with van der Waals surface area (Å²) < 4.78 is 2.31. The van der Waals surface area contributed by atoms with E-state index in [1.807, 2.05) is 0 Å². The second kappa shape index (κ2) is 35.1. The van der Waals surface area contributed by atoms with Crippen LogP contribution in [0.1, 0.15) is 175 Å². The van der Waals surface area contributed by atoms with E-state index in [-0.39, 0.29) is 34.0 Å². The first-order chi connectivity index (χ1) is 17.7. The molecule has 0 N–H and O–H groups in total. The van der Waals surface area contributed by atoms with Crippen molar-refractivity contribution in [2.75, 3.05) is 54.9 Å². The van der Waals surface area contributed by atoms with E-state index in [1.54, 1.807) is 0 Å². The normalized spacial score (nSPS) is 11.4. The zero-order valence-corrected chi connectivity index (χ0v) is 31.9. The van der Waals surface area contributed by atoms with Gasteiger partial charge in [0.2, 0.25) is 0 Å². The molecule has 0 aromatic carbocycles. The fourth-order valence-corrected chi connectivity index (χ4v) is 4.97. The van der Waals surface area contributed by atoms with Crippen LogP contribution in [-0.4, -0.2) is 63.8 Å². The van der Waals surface area contributed by atoms with Crippen LogP contribution in [0, 0.1) is 0 Å². The number of unbranched alkanes of at least 4 members (excludes halogenated alkanes) is 22. The highest BCUT2D eigenvalue weighted by Gasteiger charge is 2.10. The third-order valence-corrected chi connectivity index (χ3v) is 8.16. The van der Waals surface area contributed by atoms with E-state index < -0.39 is 0 Å². The second-order valence-corrected chi connectivity index (χ2v) is 13.8. The van der Waals surface area contributed by atoms with Crippen LogP contribution in [-0.2, 0) is 0 Å². The van der Waals surface area contributed by atoms with Crippen molar-refractivity contribution in [3.63, 3.8) is 0 Å². The number of halogens is 2. The van der Waals surface area contributed by atoms with E-state index in [1.165, 1.54) is 178 Å². The number of hydrogen-bond donors (Lipinski definition) is 0. The molecule has 0 radical (unpaired) electrons. The van der Waals surface area contributed by atoms with Crippen LogP contribution < -0.4 is 34.0 Å². The Labute approximate surface area is 271 Å². The minimum absolute atomic E-state index is 0. The van der Waals surface area contributed by atoms with Crippen LogP contribution in [0.15, 0.2) is 0 Å². The zero-order valence-electron chi connectivity index (χ0n) is 28.7. The molecule has 0 aliphatic heterocycles. The third-order valence-electron chi connectivity index (χ3n) is 8.16. The molecule has 39 heavy (non-hydrogen) atoms. The first-order valence-corrected chi connectivity index (χ1v) is 17.3. The van der Waals surface area contributed by atoms with Crippen molar-refractivity contribution >= 4 is 0 Å². The minimum Gasteiger partial charge on any atom is -1.00 e. The second-order valence-electron chi connectivity index (χ2n) is 13.8. The Balaban J connectivity index is -0.000000309. The Kier molecular flexibility index (Phi) is 42.1. The number of nitrogens with zero attached hydrogens (tertiary/aromatic N) is 2. The Bertz CT molecular complexity index is 421. The maximum absolute atomic E-state index is 2.35. The van der Waals surface area contributed by atoms with Gasteiger partial charge in [-0.2, -0.15) is 0 Å². The van der Waals surface area contributed by atoms with Gasteiger partial charge in [0.1, 0.15) is 0 Å². The summed E-state index contributed by atoms with van der Waals surface area (Å²) >= 11 is 0. The summed E-state index contributed by atoms with van der Waals surface area (Å²) in [7, 11) is 11.6. The zero-order chi connectivity index (χ0) is 28.1. The highest BCUT2D eigenvalue weighted by atomic mass is 79.9. The number of quaternary nitrogens is 2. The molecule has 0 heterocycles. The SMILES string of the molecule is CCCCCCCCCCCCCCCC[N+](C)(C)CC.CCCCCCCCCCCC[N+](C)(C)C.[Br-].[Br-]. The predicted octanol–water partition coefficient (Wildman–Crippen LogP) is 5.19. The molecule has 0 aromatic rings. The minimum atomic E-state index is 0. The summed E-state index contributed by atoms with van der Waals surface area (Å²) in [6.07, 6.45) is 34.8. The molecule has 4 heteroatoms. The van der Waals surface area contributed by atoms with Crippen LogP contribution in [0.3, 0.4) is 0 Å². The third kappa shape index (κ3) is 46.1. The molecule has 0 spiro atoms. The summed E-state index contributed by atoms with van der Waals surface area (Å²) in [5.41, 5.74) is 0. The van der Waals surface area contributed by atoms with Crippen molar-refractivity contribution in [3.8, 4) is 0 Å². The fraction of sp³-hybridized carbons (Fsp3) is 1.00. The van der Waals surface area contributed by atoms with Crippen LogP contribution in [0.4, 0.5) is 0 Å². The maximum Gasteiger partial charge on any atom is 0.0782 e. The van der Waals surface area contributed by atoms with Gasteiger partial charge in [-0.3, -0.25) is 0 Å². The van der Waals surface area contributed by atoms with Crippen molar-refractivity contribution in [2.24, 2.45) is 0 Å². The first-order valence-electron chi connectivity index (χ1n) is 17.3. The van der Waals surface area contributed by atoms with Gasteiger partial charge in [0.25, 0.3) is 0 Å². The van der Waals surface area contributed by atoms with Gasteiger partial charge < -0.3 is 42.9 Å². The van der Waals surface area contributed by atoms with Crippen molar-refractivity contribution < 1.29 is 42.9 Å².